The van der Waals surface area contributed by atoms with Crippen molar-refractivity contribution in [1.29, 1.82) is 0 Å². The van der Waals surface area contributed by atoms with Crippen molar-refractivity contribution in [3.8, 4) is 0 Å². The zero-order valence-corrected chi connectivity index (χ0v) is 7.28. The van der Waals surface area contributed by atoms with Crippen molar-refractivity contribution in [2.45, 2.75) is 13.5 Å². The number of hydrogen-bond acceptors (Lipinski definition) is 3. The molecule has 0 aromatic heterocycles. The Kier molecular flexibility index (Phi) is 2.74. The number of anilines is 1. The van der Waals surface area contributed by atoms with E-state index in [1.165, 1.54) is 0 Å². The van der Waals surface area contributed by atoms with Crippen LogP contribution in [0.3, 0.4) is 0 Å². The number of hydrogen-bond donors (Lipinski definition) is 2. The van der Waals surface area contributed by atoms with Crippen LogP contribution in [-0.4, -0.2) is 11.3 Å². The van der Waals surface area contributed by atoms with E-state index in [9.17, 15) is 4.79 Å². The molecule has 0 saturated heterocycles. The molecule has 1 aromatic rings. The van der Waals surface area contributed by atoms with Crippen molar-refractivity contribution in [3.63, 3.8) is 0 Å². The molecule has 1 rings (SSSR count). The number of aryl methyl sites for hydroxylation is 1. The van der Waals surface area contributed by atoms with Crippen LogP contribution in [0.4, 0.5) is 10.5 Å². The van der Waals surface area contributed by atoms with E-state index in [4.69, 9.17) is 10.8 Å². The van der Waals surface area contributed by atoms with Crippen LogP contribution >= 0.6 is 0 Å². The molecule has 0 aliphatic carbocycles. The van der Waals surface area contributed by atoms with Crippen LogP contribution in [0.15, 0.2) is 18.2 Å². The molecule has 0 saturated carbocycles. The van der Waals surface area contributed by atoms with Gasteiger partial charge in [-0.05, 0) is 13.0 Å². The lowest BCUT2D eigenvalue weighted by molar-refractivity contribution is 0.0855. The Bertz CT molecular complexity index is 323. The van der Waals surface area contributed by atoms with Crippen molar-refractivity contribution in [2.75, 3.05) is 5.73 Å². The molecule has 0 radical (unpaired) electrons. The second-order valence-electron chi connectivity index (χ2n) is 2.76. The van der Waals surface area contributed by atoms with Gasteiger partial charge in [0.1, 0.15) is 6.61 Å². The largest absolute Gasteiger partial charge is 0.506 e. The highest BCUT2D eigenvalue weighted by Crippen LogP contribution is 2.14. The Balaban J connectivity index is 2.75. The van der Waals surface area contributed by atoms with Gasteiger partial charge in [-0.3, -0.25) is 0 Å². The van der Waals surface area contributed by atoms with E-state index in [0.29, 0.717) is 11.3 Å². The summed E-state index contributed by atoms with van der Waals surface area (Å²) in [6, 6.07) is 5.40. The highest BCUT2D eigenvalue weighted by molar-refractivity contribution is 5.57. The molecule has 0 fully saturated rings. The predicted molar refractivity (Wildman–Crippen MR) is 48.4 cm³/mol. The van der Waals surface area contributed by atoms with Crippen LogP contribution in [0.5, 0.6) is 0 Å². The van der Waals surface area contributed by atoms with E-state index in [0.717, 1.165) is 5.56 Å². The second-order valence-corrected chi connectivity index (χ2v) is 2.76. The first-order valence-electron chi connectivity index (χ1n) is 3.80. The van der Waals surface area contributed by atoms with E-state index in [1.54, 1.807) is 12.1 Å². The summed E-state index contributed by atoms with van der Waals surface area (Å²) in [6.45, 7) is 1.91. The summed E-state index contributed by atoms with van der Waals surface area (Å²) in [7, 11) is 0. The third-order valence-corrected chi connectivity index (χ3v) is 1.65. The standard InChI is InChI=1S/C9H11NO3/c1-6-2-3-8(10)7(4-6)5-13-9(11)12/h2-4H,5,10H2,1H3,(H,11,12). The van der Waals surface area contributed by atoms with Gasteiger partial charge in [-0.15, -0.1) is 0 Å². The van der Waals surface area contributed by atoms with E-state index in [-0.39, 0.29) is 6.61 Å². The monoisotopic (exact) mass is 181 g/mol. The van der Waals surface area contributed by atoms with Crippen molar-refractivity contribution >= 4 is 11.8 Å². The summed E-state index contributed by atoms with van der Waals surface area (Å²) in [5.41, 5.74) is 7.87. The van der Waals surface area contributed by atoms with E-state index < -0.39 is 6.16 Å². The summed E-state index contributed by atoms with van der Waals surface area (Å²) < 4.78 is 4.40. The summed E-state index contributed by atoms with van der Waals surface area (Å²) >= 11 is 0. The third-order valence-electron chi connectivity index (χ3n) is 1.65. The average Bonchev–Trinajstić information content (AvgIpc) is 2.06. The summed E-state index contributed by atoms with van der Waals surface area (Å²) in [5, 5.41) is 8.27. The molecule has 0 aliphatic heterocycles. The molecule has 0 aliphatic rings. The normalized spacial score (nSPS) is 9.62. The summed E-state index contributed by atoms with van der Waals surface area (Å²) in [5.74, 6) is 0. The van der Waals surface area contributed by atoms with Crippen LogP contribution in [0, 0.1) is 6.92 Å². The first kappa shape index (κ1) is 9.38. The van der Waals surface area contributed by atoms with Gasteiger partial charge in [-0.1, -0.05) is 17.7 Å². The Morgan fingerprint density at radius 2 is 2.31 bits per heavy atom. The van der Waals surface area contributed by atoms with Crippen molar-refractivity contribution in [3.05, 3.63) is 29.3 Å². The van der Waals surface area contributed by atoms with Crippen LogP contribution in [0.25, 0.3) is 0 Å². The fourth-order valence-electron chi connectivity index (χ4n) is 0.999. The third kappa shape index (κ3) is 2.66. The smallest absolute Gasteiger partial charge is 0.450 e. The lowest BCUT2D eigenvalue weighted by atomic mass is 10.1. The van der Waals surface area contributed by atoms with Crippen molar-refractivity contribution in [2.24, 2.45) is 0 Å². The minimum Gasteiger partial charge on any atom is -0.450 e. The Morgan fingerprint density at radius 3 is 2.92 bits per heavy atom. The molecular formula is C9H11NO3. The molecule has 0 unspecified atom stereocenters. The molecule has 3 N–H and O–H groups in total. The molecule has 4 nitrogen and oxygen atoms in total. The second kappa shape index (κ2) is 3.80. The first-order chi connectivity index (χ1) is 6.09. The minimum atomic E-state index is -1.29. The molecular weight excluding hydrogens is 170 g/mol. The van der Waals surface area contributed by atoms with E-state index in [2.05, 4.69) is 4.74 Å². The van der Waals surface area contributed by atoms with Gasteiger partial charge in [-0.2, -0.15) is 0 Å². The van der Waals surface area contributed by atoms with Gasteiger partial charge in [-0.25, -0.2) is 4.79 Å². The topological polar surface area (TPSA) is 72.5 Å². The van der Waals surface area contributed by atoms with Gasteiger partial charge in [0.15, 0.2) is 0 Å². The Hall–Kier alpha value is -1.71. The highest BCUT2D eigenvalue weighted by atomic mass is 16.7. The van der Waals surface area contributed by atoms with Gasteiger partial charge >= 0.3 is 6.16 Å². The predicted octanol–water partition coefficient (Wildman–Crippen LogP) is 1.77. The van der Waals surface area contributed by atoms with Crippen LogP contribution in [-0.2, 0) is 11.3 Å². The van der Waals surface area contributed by atoms with Gasteiger partial charge in [0.2, 0.25) is 0 Å². The maximum absolute atomic E-state index is 10.1. The Labute approximate surface area is 75.9 Å². The van der Waals surface area contributed by atoms with Crippen LogP contribution in [0.1, 0.15) is 11.1 Å². The first-order valence-corrected chi connectivity index (χ1v) is 3.80. The van der Waals surface area contributed by atoms with Gasteiger partial charge in [0, 0.05) is 11.3 Å². The van der Waals surface area contributed by atoms with Crippen LogP contribution < -0.4 is 5.73 Å². The zero-order valence-electron chi connectivity index (χ0n) is 7.28. The fraction of sp³-hybridized carbons (Fsp3) is 0.222. The zero-order chi connectivity index (χ0) is 9.84. The van der Waals surface area contributed by atoms with Gasteiger partial charge in [0.05, 0.1) is 0 Å². The minimum absolute atomic E-state index is 0.00282. The lowest BCUT2D eigenvalue weighted by Crippen LogP contribution is -2.03. The molecule has 13 heavy (non-hydrogen) atoms. The Morgan fingerprint density at radius 1 is 1.62 bits per heavy atom. The maximum Gasteiger partial charge on any atom is 0.506 e. The SMILES string of the molecule is Cc1ccc(N)c(COC(=O)O)c1. The molecule has 0 heterocycles. The number of carboxylic acid groups (broad SMARTS) is 1. The molecule has 70 valence electrons. The number of ether oxygens (including phenoxy) is 1. The summed E-state index contributed by atoms with van der Waals surface area (Å²) in [4.78, 5) is 10.1. The van der Waals surface area contributed by atoms with E-state index >= 15 is 0 Å². The van der Waals surface area contributed by atoms with Crippen molar-refractivity contribution in [1.82, 2.24) is 0 Å². The number of nitrogens with two attached hydrogens (primary N) is 1. The van der Waals surface area contributed by atoms with Gasteiger partial charge < -0.3 is 15.6 Å². The number of nitrogen functional groups attached to an aromatic ring is 1. The summed E-state index contributed by atoms with van der Waals surface area (Å²) in [6.07, 6.45) is -1.29. The van der Waals surface area contributed by atoms with Gasteiger partial charge in [0.25, 0.3) is 0 Å². The molecule has 4 heteroatoms. The lowest BCUT2D eigenvalue weighted by Gasteiger charge is -2.05. The maximum atomic E-state index is 10.1. The van der Waals surface area contributed by atoms with Crippen molar-refractivity contribution < 1.29 is 14.6 Å². The average molecular weight is 181 g/mol. The number of benzene rings is 1. The highest BCUT2D eigenvalue weighted by Gasteiger charge is 2.02. The van der Waals surface area contributed by atoms with Crippen LogP contribution in [0.2, 0.25) is 0 Å². The number of carbonyl (C=O) groups is 1. The molecule has 1 aromatic carbocycles. The fourth-order valence-corrected chi connectivity index (χ4v) is 0.999. The molecule has 0 atom stereocenters. The number of rotatable bonds is 2. The molecule has 0 bridgehead atoms. The van der Waals surface area contributed by atoms with E-state index in [1.807, 2.05) is 13.0 Å². The quantitative estimate of drug-likeness (QED) is 0.538. The molecule has 0 amide bonds. The molecule has 0 spiro atoms.